The summed E-state index contributed by atoms with van der Waals surface area (Å²) in [6.45, 7) is 6.04. The first-order chi connectivity index (χ1) is 14.0. The van der Waals surface area contributed by atoms with Crippen LogP contribution in [0.5, 0.6) is 5.75 Å². The number of benzene rings is 2. The van der Waals surface area contributed by atoms with Gasteiger partial charge < -0.3 is 9.64 Å². The number of carbonyl (C=O) groups excluding carboxylic acids is 2. The lowest BCUT2D eigenvalue weighted by Crippen LogP contribution is -2.45. The van der Waals surface area contributed by atoms with Crippen molar-refractivity contribution in [1.82, 2.24) is 9.78 Å². The third-order valence-corrected chi connectivity index (χ3v) is 5.06. The van der Waals surface area contributed by atoms with Gasteiger partial charge in [-0.1, -0.05) is 37.3 Å². The zero-order valence-electron chi connectivity index (χ0n) is 16.8. The molecule has 4 rings (SSSR count). The second-order valence-corrected chi connectivity index (χ2v) is 7.25. The second kappa shape index (κ2) is 7.54. The Morgan fingerprint density at radius 2 is 1.86 bits per heavy atom. The standard InChI is InChI=1S/C23H23N3O3/c1-4-20-23(28)25(14-17-8-6-5-7-9-17)19-13-18(10-11-21(19)29-20)22(27)26-16(3)12-15(2)24-26/h5-13,20H,4,14H2,1-3H3. The van der Waals surface area contributed by atoms with Crippen molar-refractivity contribution in [3.05, 3.63) is 77.1 Å². The minimum absolute atomic E-state index is 0.0976. The molecule has 6 nitrogen and oxygen atoms in total. The number of aromatic nitrogens is 2. The lowest BCUT2D eigenvalue weighted by atomic mass is 10.1. The number of aryl methyl sites for hydroxylation is 2. The van der Waals surface area contributed by atoms with Crippen molar-refractivity contribution in [2.45, 2.75) is 39.8 Å². The third kappa shape index (κ3) is 3.53. The first-order valence-electron chi connectivity index (χ1n) is 9.72. The molecule has 1 unspecified atom stereocenters. The van der Waals surface area contributed by atoms with Gasteiger partial charge in [-0.3, -0.25) is 9.59 Å². The monoisotopic (exact) mass is 389 g/mol. The maximum atomic E-state index is 13.0. The number of carbonyl (C=O) groups is 2. The van der Waals surface area contributed by atoms with E-state index in [1.54, 1.807) is 23.1 Å². The lowest BCUT2D eigenvalue weighted by Gasteiger charge is -2.34. The van der Waals surface area contributed by atoms with Crippen LogP contribution >= 0.6 is 0 Å². The second-order valence-electron chi connectivity index (χ2n) is 7.25. The Labute approximate surface area is 169 Å². The molecule has 1 aliphatic rings. The molecular weight excluding hydrogens is 366 g/mol. The summed E-state index contributed by atoms with van der Waals surface area (Å²) < 4.78 is 7.29. The molecule has 0 radical (unpaired) electrons. The van der Waals surface area contributed by atoms with E-state index in [1.165, 1.54) is 4.68 Å². The average molecular weight is 389 g/mol. The normalized spacial score (nSPS) is 15.8. The Balaban J connectivity index is 1.75. The van der Waals surface area contributed by atoms with Crippen molar-refractivity contribution in [1.29, 1.82) is 0 Å². The van der Waals surface area contributed by atoms with Crippen LogP contribution in [0, 0.1) is 13.8 Å². The van der Waals surface area contributed by atoms with Gasteiger partial charge in [-0.15, -0.1) is 0 Å². The smallest absolute Gasteiger partial charge is 0.278 e. The summed E-state index contributed by atoms with van der Waals surface area (Å²) in [5, 5.41) is 4.28. The van der Waals surface area contributed by atoms with Gasteiger partial charge in [-0.2, -0.15) is 5.10 Å². The van der Waals surface area contributed by atoms with Crippen molar-refractivity contribution in [3.63, 3.8) is 0 Å². The van der Waals surface area contributed by atoms with Gasteiger partial charge in [-0.05, 0) is 50.1 Å². The molecule has 6 heteroatoms. The van der Waals surface area contributed by atoms with Gasteiger partial charge in [0, 0.05) is 11.3 Å². The maximum Gasteiger partial charge on any atom is 0.278 e. The van der Waals surface area contributed by atoms with Crippen LogP contribution in [0.15, 0.2) is 54.6 Å². The van der Waals surface area contributed by atoms with E-state index in [1.807, 2.05) is 57.2 Å². The highest BCUT2D eigenvalue weighted by atomic mass is 16.5. The lowest BCUT2D eigenvalue weighted by molar-refractivity contribution is -0.126. The Kier molecular flexibility index (Phi) is 4.92. The van der Waals surface area contributed by atoms with Crippen LogP contribution in [-0.2, 0) is 11.3 Å². The summed E-state index contributed by atoms with van der Waals surface area (Å²) in [6.07, 6.45) is 0.0551. The maximum absolute atomic E-state index is 13.0. The molecule has 1 aliphatic heterocycles. The van der Waals surface area contributed by atoms with Crippen LogP contribution in [0.3, 0.4) is 0 Å². The zero-order chi connectivity index (χ0) is 20.5. The average Bonchev–Trinajstić information content (AvgIpc) is 3.07. The molecule has 148 valence electrons. The van der Waals surface area contributed by atoms with E-state index in [-0.39, 0.29) is 11.8 Å². The Bertz CT molecular complexity index is 1070. The highest BCUT2D eigenvalue weighted by Crippen LogP contribution is 2.36. The zero-order valence-corrected chi connectivity index (χ0v) is 16.8. The molecule has 0 saturated carbocycles. The van der Waals surface area contributed by atoms with Gasteiger partial charge in [-0.25, -0.2) is 4.68 Å². The number of fused-ring (bicyclic) bond motifs is 1. The molecule has 0 aliphatic carbocycles. The molecule has 0 fully saturated rings. The number of rotatable bonds is 4. The largest absolute Gasteiger partial charge is 0.478 e. The van der Waals surface area contributed by atoms with E-state index in [4.69, 9.17) is 4.74 Å². The fourth-order valence-electron chi connectivity index (χ4n) is 3.60. The summed E-state index contributed by atoms with van der Waals surface area (Å²) >= 11 is 0. The van der Waals surface area contributed by atoms with Crippen molar-refractivity contribution < 1.29 is 14.3 Å². The fraction of sp³-hybridized carbons (Fsp3) is 0.261. The van der Waals surface area contributed by atoms with Gasteiger partial charge in [0.2, 0.25) is 0 Å². The van der Waals surface area contributed by atoms with Crippen LogP contribution in [0.2, 0.25) is 0 Å². The van der Waals surface area contributed by atoms with Gasteiger partial charge in [0.1, 0.15) is 5.75 Å². The fourth-order valence-corrected chi connectivity index (χ4v) is 3.60. The molecule has 0 spiro atoms. The van der Waals surface area contributed by atoms with Crippen LogP contribution in [0.1, 0.15) is 40.7 Å². The molecule has 1 aromatic heterocycles. The first kappa shape index (κ1) is 18.9. The number of hydrogen-bond acceptors (Lipinski definition) is 4. The predicted octanol–water partition coefficient (Wildman–Crippen LogP) is 3.89. The van der Waals surface area contributed by atoms with Gasteiger partial charge >= 0.3 is 0 Å². The van der Waals surface area contributed by atoms with Crippen molar-refractivity contribution in [2.75, 3.05) is 4.90 Å². The number of anilines is 1. The molecule has 3 aromatic rings. The molecule has 1 amide bonds. The van der Waals surface area contributed by atoms with Crippen LogP contribution in [0.25, 0.3) is 0 Å². The van der Waals surface area contributed by atoms with Crippen molar-refractivity contribution >= 4 is 17.5 Å². The number of nitrogens with zero attached hydrogens (tertiary/aromatic N) is 3. The highest BCUT2D eigenvalue weighted by molar-refractivity contribution is 6.03. The first-order valence-corrected chi connectivity index (χ1v) is 9.72. The topological polar surface area (TPSA) is 64.4 Å². The van der Waals surface area contributed by atoms with E-state index in [0.717, 1.165) is 17.0 Å². The number of hydrogen-bond donors (Lipinski definition) is 0. The van der Waals surface area contributed by atoms with E-state index >= 15 is 0 Å². The van der Waals surface area contributed by atoms with Crippen molar-refractivity contribution in [3.8, 4) is 5.75 Å². The summed E-state index contributed by atoms with van der Waals surface area (Å²) in [6, 6.07) is 16.9. The summed E-state index contributed by atoms with van der Waals surface area (Å²) in [5.41, 5.74) is 3.63. The van der Waals surface area contributed by atoms with E-state index < -0.39 is 6.10 Å². The summed E-state index contributed by atoms with van der Waals surface area (Å²) in [5.74, 6) is 0.278. The molecule has 2 aromatic carbocycles. The van der Waals surface area contributed by atoms with Crippen LogP contribution in [-0.4, -0.2) is 27.7 Å². The minimum atomic E-state index is -0.524. The molecule has 0 saturated heterocycles. The van der Waals surface area contributed by atoms with E-state index in [0.29, 0.717) is 30.0 Å². The molecular formula is C23H23N3O3. The molecule has 29 heavy (non-hydrogen) atoms. The molecule has 1 atom stereocenters. The Morgan fingerprint density at radius 3 is 2.52 bits per heavy atom. The minimum Gasteiger partial charge on any atom is -0.478 e. The van der Waals surface area contributed by atoms with Gasteiger partial charge in [0.15, 0.2) is 6.10 Å². The van der Waals surface area contributed by atoms with Gasteiger partial charge in [0.05, 0.1) is 17.9 Å². The highest BCUT2D eigenvalue weighted by Gasteiger charge is 2.34. The molecule has 0 bridgehead atoms. The quantitative estimate of drug-likeness (QED) is 0.679. The van der Waals surface area contributed by atoms with E-state index in [2.05, 4.69) is 5.10 Å². The Morgan fingerprint density at radius 1 is 1.10 bits per heavy atom. The number of ether oxygens (including phenoxy) is 1. The molecule has 2 heterocycles. The number of amides is 1. The Hall–Kier alpha value is -3.41. The van der Waals surface area contributed by atoms with Crippen LogP contribution < -0.4 is 9.64 Å². The van der Waals surface area contributed by atoms with E-state index in [9.17, 15) is 9.59 Å². The summed E-state index contributed by atoms with van der Waals surface area (Å²) in [7, 11) is 0. The van der Waals surface area contributed by atoms with Gasteiger partial charge in [0.25, 0.3) is 11.8 Å². The van der Waals surface area contributed by atoms with Crippen molar-refractivity contribution in [2.24, 2.45) is 0 Å². The third-order valence-electron chi connectivity index (χ3n) is 5.06. The van der Waals surface area contributed by atoms with Crippen LogP contribution in [0.4, 0.5) is 5.69 Å². The predicted molar refractivity (Wildman–Crippen MR) is 110 cm³/mol. The SMILES string of the molecule is CCC1Oc2ccc(C(=O)n3nc(C)cc3C)cc2N(Cc2ccccc2)C1=O. The molecule has 0 N–H and O–H groups in total. The summed E-state index contributed by atoms with van der Waals surface area (Å²) in [4.78, 5) is 27.7.